The molecule has 2 N–H and O–H groups in total. The zero-order valence-electron chi connectivity index (χ0n) is 12.9. The van der Waals surface area contributed by atoms with Crippen molar-refractivity contribution in [2.75, 3.05) is 18.1 Å². The second-order valence-corrected chi connectivity index (χ2v) is 7.86. The van der Waals surface area contributed by atoms with E-state index in [0.29, 0.717) is 6.42 Å². The highest BCUT2D eigenvalue weighted by atomic mass is 32.2. The molecule has 1 unspecified atom stereocenters. The largest absolute Gasteiger partial charge is 0.394 e. The monoisotopic (exact) mass is 308 g/mol. The summed E-state index contributed by atoms with van der Waals surface area (Å²) in [4.78, 5) is 0. The van der Waals surface area contributed by atoms with Crippen molar-refractivity contribution < 1.29 is 18.6 Å². The maximum Gasteiger partial charge on any atom is 0.152 e. The summed E-state index contributed by atoms with van der Waals surface area (Å²) in [5.41, 5.74) is 0. The molecular formula is C15H32O4S. The van der Waals surface area contributed by atoms with Crippen LogP contribution in [0.2, 0.25) is 0 Å². The van der Waals surface area contributed by atoms with Gasteiger partial charge in [-0.25, -0.2) is 8.42 Å². The molecule has 0 aliphatic heterocycles. The lowest BCUT2D eigenvalue weighted by Gasteiger charge is -2.08. The highest BCUT2D eigenvalue weighted by Gasteiger charge is 2.15. The standard InChI is InChI=1S/C15H32O4S/c1-2-3-4-5-6-7-8-9-10-11-12-20(18,19)14-15(17)13-16/h15-17H,2-14H2,1H3. The maximum atomic E-state index is 11.6. The molecule has 0 saturated heterocycles. The van der Waals surface area contributed by atoms with E-state index in [4.69, 9.17) is 10.2 Å². The van der Waals surface area contributed by atoms with Gasteiger partial charge in [0.1, 0.15) is 0 Å². The van der Waals surface area contributed by atoms with Gasteiger partial charge in [-0.2, -0.15) is 0 Å². The predicted molar refractivity (Wildman–Crippen MR) is 83.6 cm³/mol. The fourth-order valence-electron chi connectivity index (χ4n) is 2.24. The Bertz CT molecular complexity index is 301. The number of unbranched alkanes of at least 4 members (excludes halogenated alkanes) is 9. The van der Waals surface area contributed by atoms with Crippen molar-refractivity contribution in [2.24, 2.45) is 0 Å². The summed E-state index contributed by atoms with van der Waals surface area (Å²) in [6.45, 7) is 1.73. The Kier molecular flexibility index (Phi) is 12.5. The Morgan fingerprint density at radius 1 is 0.850 bits per heavy atom. The Labute approximate surface area is 124 Å². The second kappa shape index (κ2) is 12.6. The first-order valence-electron chi connectivity index (χ1n) is 8.01. The van der Waals surface area contributed by atoms with Crippen LogP contribution in [-0.4, -0.2) is 42.8 Å². The summed E-state index contributed by atoms with van der Waals surface area (Å²) < 4.78 is 23.1. The molecule has 0 aromatic carbocycles. The van der Waals surface area contributed by atoms with Crippen LogP contribution in [0.15, 0.2) is 0 Å². The molecule has 0 aliphatic rings. The lowest BCUT2D eigenvalue weighted by Crippen LogP contribution is -2.25. The first kappa shape index (κ1) is 19.9. The molecule has 4 nitrogen and oxygen atoms in total. The van der Waals surface area contributed by atoms with Gasteiger partial charge in [-0.05, 0) is 6.42 Å². The number of aliphatic hydroxyl groups is 2. The maximum absolute atomic E-state index is 11.6. The van der Waals surface area contributed by atoms with E-state index in [9.17, 15) is 8.42 Å². The third-order valence-corrected chi connectivity index (χ3v) is 5.27. The molecule has 0 spiro atoms. The molecular weight excluding hydrogens is 276 g/mol. The first-order valence-corrected chi connectivity index (χ1v) is 9.83. The van der Waals surface area contributed by atoms with Gasteiger partial charge in [0.2, 0.25) is 0 Å². The molecule has 1 atom stereocenters. The summed E-state index contributed by atoms with van der Waals surface area (Å²) in [5.74, 6) is -0.193. The zero-order valence-corrected chi connectivity index (χ0v) is 13.7. The van der Waals surface area contributed by atoms with Crippen molar-refractivity contribution in [1.29, 1.82) is 0 Å². The van der Waals surface area contributed by atoms with Crippen molar-refractivity contribution in [3.05, 3.63) is 0 Å². The van der Waals surface area contributed by atoms with Crippen LogP contribution in [0.5, 0.6) is 0 Å². The average molecular weight is 308 g/mol. The van der Waals surface area contributed by atoms with E-state index in [1.807, 2.05) is 0 Å². The lowest BCUT2D eigenvalue weighted by atomic mass is 10.1. The molecule has 122 valence electrons. The minimum Gasteiger partial charge on any atom is -0.394 e. The molecule has 0 aromatic heterocycles. The number of rotatable bonds is 14. The molecule has 20 heavy (non-hydrogen) atoms. The van der Waals surface area contributed by atoms with E-state index < -0.39 is 22.5 Å². The van der Waals surface area contributed by atoms with Crippen LogP contribution in [0.4, 0.5) is 0 Å². The smallest absolute Gasteiger partial charge is 0.152 e. The summed E-state index contributed by atoms with van der Waals surface area (Å²) in [6, 6.07) is 0. The van der Waals surface area contributed by atoms with Gasteiger partial charge in [0.05, 0.1) is 24.2 Å². The summed E-state index contributed by atoms with van der Waals surface area (Å²) in [6.07, 6.45) is 10.5. The zero-order chi connectivity index (χ0) is 15.3. The van der Waals surface area contributed by atoms with Crippen LogP contribution in [0.25, 0.3) is 0 Å². The van der Waals surface area contributed by atoms with E-state index in [1.165, 1.54) is 44.9 Å². The van der Waals surface area contributed by atoms with Crippen LogP contribution in [0.1, 0.15) is 71.1 Å². The lowest BCUT2D eigenvalue weighted by molar-refractivity contribution is 0.112. The van der Waals surface area contributed by atoms with E-state index in [1.54, 1.807) is 0 Å². The normalized spacial score (nSPS) is 13.6. The molecule has 0 radical (unpaired) electrons. The van der Waals surface area contributed by atoms with Gasteiger partial charge in [0, 0.05) is 0 Å². The highest BCUT2D eigenvalue weighted by Crippen LogP contribution is 2.11. The molecule has 0 fully saturated rings. The molecule has 0 amide bonds. The van der Waals surface area contributed by atoms with E-state index >= 15 is 0 Å². The van der Waals surface area contributed by atoms with Gasteiger partial charge in [-0.15, -0.1) is 0 Å². The molecule has 0 aromatic rings. The topological polar surface area (TPSA) is 74.6 Å². The number of sulfone groups is 1. The van der Waals surface area contributed by atoms with Gasteiger partial charge < -0.3 is 10.2 Å². The minimum absolute atomic E-state index is 0.126. The Morgan fingerprint density at radius 2 is 1.30 bits per heavy atom. The van der Waals surface area contributed by atoms with E-state index in [2.05, 4.69) is 6.92 Å². The Morgan fingerprint density at radius 3 is 1.75 bits per heavy atom. The minimum atomic E-state index is -3.21. The molecule has 0 bridgehead atoms. The van der Waals surface area contributed by atoms with E-state index in [0.717, 1.165) is 12.8 Å². The molecule has 0 saturated carbocycles. The summed E-state index contributed by atoms with van der Waals surface area (Å²) >= 11 is 0. The predicted octanol–water partition coefficient (Wildman–Crippen LogP) is 2.68. The van der Waals surface area contributed by atoms with Crippen LogP contribution >= 0.6 is 0 Å². The van der Waals surface area contributed by atoms with Crippen molar-refractivity contribution in [3.8, 4) is 0 Å². The third kappa shape index (κ3) is 12.9. The second-order valence-electron chi connectivity index (χ2n) is 5.63. The average Bonchev–Trinajstić information content (AvgIpc) is 2.40. The number of hydrogen-bond donors (Lipinski definition) is 2. The van der Waals surface area contributed by atoms with Crippen molar-refractivity contribution >= 4 is 9.84 Å². The van der Waals surface area contributed by atoms with Gasteiger partial charge >= 0.3 is 0 Å². The van der Waals surface area contributed by atoms with Crippen molar-refractivity contribution in [3.63, 3.8) is 0 Å². The van der Waals surface area contributed by atoms with Crippen LogP contribution in [0.3, 0.4) is 0 Å². The third-order valence-electron chi connectivity index (χ3n) is 3.47. The van der Waals surface area contributed by atoms with Crippen LogP contribution in [0, 0.1) is 0 Å². The SMILES string of the molecule is CCCCCCCCCCCCS(=O)(=O)CC(O)CO. The van der Waals surface area contributed by atoms with Gasteiger partial charge in [-0.1, -0.05) is 64.7 Å². The van der Waals surface area contributed by atoms with Crippen molar-refractivity contribution in [2.45, 2.75) is 77.2 Å². The van der Waals surface area contributed by atoms with E-state index in [-0.39, 0.29) is 11.5 Å². The Hall–Kier alpha value is -0.130. The summed E-state index contributed by atoms with van der Waals surface area (Å²) in [7, 11) is -3.21. The highest BCUT2D eigenvalue weighted by molar-refractivity contribution is 7.91. The van der Waals surface area contributed by atoms with Gasteiger partial charge in [-0.3, -0.25) is 0 Å². The quantitative estimate of drug-likeness (QED) is 0.484. The van der Waals surface area contributed by atoms with Crippen LogP contribution < -0.4 is 0 Å². The fourth-order valence-corrected chi connectivity index (χ4v) is 3.74. The number of hydrogen-bond acceptors (Lipinski definition) is 4. The van der Waals surface area contributed by atoms with Crippen molar-refractivity contribution in [1.82, 2.24) is 0 Å². The molecule has 0 heterocycles. The fraction of sp³-hybridized carbons (Fsp3) is 1.00. The molecule has 0 rings (SSSR count). The van der Waals surface area contributed by atoms with Gasteiger partial charge in [0.15, 0.2) is 9.84 Å². The van der Waals surface area contributed by atoms with Crippen LogP contribution in [-0.2, 0) is 9.84 Å². The summed E-state index contributed by atoms with van der Waals surface area (Å²) in [5, 5.41) is 17.8. The van der Waals surface area contributed by atoms with Gasteiger partial charge in [0.25, 0.3) is 0 Å². The number of aliphatic hydroxyl groups excluding tert-OH is 2. The Balaban J connectivity index is 3.39. The first-order chi connectivity index (χ1) is 9.52. The molecule has 0 aliphatic carbocycles. The molecule has 5 heteroatoms.